The van der Waals surface area contributed by atoms with Gasteiger partial charge in [0.05, 0.1) is 11.9 Å². The van der Waals surface area contributed by atoms with Crippen molar-refractivity contribution < 1.29 is 4.79 Å². The minimum absolute atomic E-state index is 0.0181. The third-order valence-electron chi connectivity index (χ3n) is 2.71. The largest absolute Gasteiger partial charge is 0.360 e. The minimum Gasteiger partial charge on any atom is -0.360 e. The second-order valence-corrected chi connectivity index (χ2v) is 3.88. The van der Waals surface area contributed by atoms with E-state index >= 15 is 0 Å². The van der Waals surface area contributed by atoms with Gasteiger partial charge in [0.15, 0.2) is 5.43 Å². The van der Waals surface area contributed by atoms with Crippen LogP contribution < -0.4 is 16.7 Å². The van der Waals surface area contributed by atoms with Gasteiger partial charge >= 0.3 is 0 Å². The summed E-state index contributed by atoms with van der Waals surface area (Å²) in [6.45, 7) is 1.92. The van der Waals surface area contributed by atoms with E-state index in [4.69, 9.17) is 5.84 Å². The van der Waals surface area contributed by atoms with Crippen molar-refractivity contribution in [3.8, 4) is 0 Å². The Bertz CT molecular complexity index is 631. The van der Waals surface area contributed by atoms with E-state index in [9.17, 15) is 9.59 Å². The summed E-state index contributed by atoms with van der Waals surface area (Å²) in [5.41, 5.74) is 4.08. The van der Waals surface area contributed by atoms with Crippen LogP contribution in [0.4, 0.5) is 0 Å². The first kappa shape index (κ1) is 11.3. The second-order valence-electron chi connectivity index (χ2n) is 3.88. The molecule has 0 atom stereocenters. The molecule has 0 fully saturated rings. The number of hydrazine groups is 1. The Morgan fingerprint density at radius 2 is 2.24 bits per heavy atom. The molecule has 4 N–H and O–H groups in total. The Balaban J connectivity index is 2.59. The van der Waals surface area contributed by atoms with Crippen molar-refractivity contribution in [2.24, 2.45) is 5.84 Å². The molecule has 0 aliphatic carbocycles. The molecule has 0 bridgehead atoms. The van der Waals surface area contributed by atoms with Gasteiger partial charge in [0.1, 0.15) is 0 Å². The highest BCUT2D eigenvalue weighted by molar-refractivity contribution is 5.84. The molecule has 2 aromatic rings. The number of aromatic nitrogens is 1. The predicted molar refractivity (Wildman–Crippen MR) is 65.3 cm³/mol. The Hall–Kier alpha value is -2.14. The molecule has 17 heavy (non-hydrogen) atoms. The lowest BCUT2D eigenvalue weighted by Gasteiger charge is -2.04. The van der Waals surface area contributed by atoms with Crippen LogP contribution in [0.2, 0.25) is 0 Å². The van der Waals surface area contributed by atoms with Gasteiger partial charge in [-0.05, 0) is 18.6 Å². The maximum absolute atomic E-state index is 12.1. The number of benzene rings is 1. The van der Waals surface area contributed by atoms with Crippen LogP contribution in [0.3, 0.4) is 0 Å². The van der Waals surface area contributed by atoms with Gasteiger partial charge in [0.2, 0.25) is 5.91 Å². The highest BCUT2D eigenvalue weighted by Gasteiger charge is 2.09. The fourth-order valence-corrected chi connectivity index (χ4v) is 1.80. The summed E-state index contributed by atoms with van der Waals surface area (Å²) in [5, 5.41) is 0.590. The summed E-state index contributed by atoms with van der Waals surface area (Å²) in [4.78, 5) is 26.3. The Kier molecular flexibility index (Phi) is 2.93. The van der Waals surface area contributed by atoms with Crippen LogP contribution in [-0.2, 0) is 11.2 Å². The van der Waals surface area contributed by atoms with E-state index in [0.717, 1.165) is 11.1 Å². The Labute approximate surface area is 97.6 Å². The van der Waals surface area contributed by atoms with Crippen LogP contribution in [0.25, 0.3) is 10.9 Å². The van der Waals surface area contributed by atoms with Crippen LogP contribution in [0.15, 0.2) is 29.2 Å². The zero-order valence-electron chi connectivity index (χ0n) is 9.41. The van der Waals surface area contributed by atoms with Gasteiger partial charge < -0.3 is 4.98 Å². The van der Waals surface area contributed by atoms with Gasteiger partial charge in [-0.15, -0.1) is 0 Å². The molecule has 1 aromatic carbocycles. The van der Waals surface area contributed by atoms with Crippen molar-refractivity contribution in [1.82, 2.24) is 10.4 Å². The molecular weight excluding hydrogens is 218 g/mol. The molecule has 0 radical (unpaired) electrons. The number of nitrogens with two attached hydrogens (primary N) is 1. The van der Waals surface area contributed by atoms with E-state index in [0.29, 0.717) is 10.9 Å². The predicted octanol–water partition coefficient (Wildman–Crippen LogP) is 0.369. The van der Waals surface area contributed by atoms with Gasteiger partial charge in [0.25, 0.3) is 0 Å². The third-order valence-corrected chi connectivity index (χ3v) is 2.71. The number of carbonyl (C=O) groups excluding carboxylic acids is 1. The highest BCUT2D eigenvalue weighted by Crippen LogP contribution is 2.12. The number of para-hydroxylation sites is 1. The molecule has 2 rings (SSSR count). The van der Waals surface area contributed by atoms with Crippen LogP contribution in [0.5, 0.6) is 0 Å². The summed E-state index contributed by atoms with van der Waals surface area (Å²) in [5.74, 6) is 4.61. The molecule has 5 heteroatoms. The first-order valence-corrected chi connectivity index (χ1v) is 5.23. The minimum atomic E-state index is -0.387. The number of pyridine rings is 1. The fourth-order valence-electron chi connectivity index (χ4n) is 1.80. The number of amides is 1. The molecule has 5 nitrogen and oxygen atoms in total. The SMILES string of the molecule is Cc1cccc2c(=O)c(CC(=O)NN)c[nH]c12. The van der Waals surface area contributed by atoms with Gasteiger partial charge in [-0.1, -0.05) is 12.1 Å². The second kappa shape index (κ2) is 4.39. The average Bonchev–Trinajstić information content (AvgIpc) is 2.33. The first-order chi connectivity index (χ1) is 8.13. The number of carbonyl (C=O) groups is 1. The number of aryl methyl sites for hydroxylation is 1. The molecule has 0 unspecified atom stereocenters. The molecule has 1 heterocycles. The van der Waals surface area contributed by atoms with E-state index in [1.807, 2.05) is 24.5 Å². The zero-order valence-corrected chi connectivity index (χ0v) is 9.41. The third kappa shape index (κ3) is 2.05. The molecular formula is C12H13N3O2. The van der Waals surface area contributed by atoms with Gasteiger partial charge in [-0.3, -0.25) is 15.0 Å². The van der Waals surface area contributed by atoms with E-state index < -0.39 is 0 Å². The molecule has 88 valence electrons. The maximum Gasteiger partial charge on any atom is 0.238 e. The molecule has 1 amide bonds. The highest BCUT2D eigenvalue weighted by atomic mass is 16.2. The standard InChI is InChI=1S/C12H13N3O2/c1-7-3-2-4-9-11(7)14-6-8(12(9)17)5-10(16)15-13/h2-4,6H,5,13H2,1H3,(H,14,17)(H,15,16). The molecule has 0 aliphatic heterocycles. The lowest BCUT2D eigenvalue weighted by Crippen LogP contribution is -2.32. The number of aromatic amines is 1. The lowest BCUT2D eigenvalue weighted by molar-refractivity contribution is -0.120. The lowest BCUT2D eigenvalue weighted by atomic mass is 10.1. The maximum atomic E-state index is 12.1. The summed E-state index contributed by atoms with van der Waals surface area (Å²) in [6, 6.07) is 5.48. The number of hydrogen-bond donors (Lipinski definition) is 3. The number of rotatable bonds is 2. The van der Waals surface area contributed by atoms with Crippen molar-refractivity contribution in [2.45, 2.75) is 13.3 Å². The van der Waals surface area contributed by atoms with Crippen molar-refractivity contribution in [3.05, 3.63) is 45.7 Å². The van der Waals surface area contributed by atoms with E-state index in [-0.39, 0.29) is 17.8 Å². The van der Waals surface area contributed by atoms with Crippen LogP contribution in [-0.4, -0.2) is 10.9 Å². The summed E-state index contributed by atoms with van der Waals surface area (Å²) in [6.07, 6.45) is 1.54. The van der Waals surface area contributed by atoms with Crippen molar-refractivity contribution >= 4 is 16.8 Å². The molecule has 0 saturated carbocycles. The quantitative estimate of drug-likeness (QED) is 0.396. The number of hydrogen-bond acceptors (Lipinski definition) is 3. The number of H-pyrrole nitrogens is 1. The van der Waals surface area contributed by atoms with Crippen molar-refractivity contribution in [2.75, 3.05) is 0 Å². The van der Waals surface area contributed by atoms with Crippen molar-refractivity contribution in [1.29, 1.82) is 0 Å². The van der Waals surface area contributed by atoms with E-state index in [2.05, 4.69) is 4.98 Å². The Morgan fingerprint density at radius 1 is 1.47 bits per heavy atom. The summed E-state index contributed by atoms with van der Waals surface area (Å²) >= 11 is 0. The summed E-state index contributed by atoms with van der Waals surface area (Å²) in [7, 11) is 0. The Morgan fingerprint density at radius 3 is 2.94 bits per heavy atom. The smallest absolute Gasteiger partial charge is 0.238 e. The van der Waals surface area contributed by atoms with Crippen LogP contribution in [0, 0.1) is 6.92 Å². The van der Waals surface area contributed by atoms with E-state index in [1.165, 1.54) is 0 Å². The molecule has 0 spiro atoms. The zero-order chi connectivity index (χ0) is 12.4. The van der Waals surface area contributed by atoms with Gasteiger partial charge in [-0.2, -0.15) is 0 Å². The first-order valence-electron chi connectivity index (χ1n) is 5.23. The number of nitrogens with one attached hydrogen (secondary N) is 2. The number of fused-ring (bicyclic) bond motifs is 1. The van der Waals surface area contributed by atoms with E-state index in [1.54, 1.807) is 12.3 Å². The van der Waals surface area contributed by atoms with Gasteiger partial charge in [-0.25, -0.2) is 5.84 Å². The summed E-state index contributed by atoms with van der Waals surface area (Å²) < 4.78 is 0. The van der Waals surface area contributed by atoms with Crippen molar-refractivity contribution in [3.63, 3.8) is 0 Å². The monoisotopic (exact) mass is 231 g/mol. The van der Waals surface area contributed by atoms with Gasteiger partial charge in [0, 0.05) is 17.1 Å². The fraction of sp³-hybridized carbons (Fsp3) is 0.167. The topological polar surface area (TPSA) is 88.0 Å². The molecule has 1 aromatic heterocycles. The average molecular weight is 231 g/mol. The van der Waals surface area contributed by atoms with Crippen LogP contribution in [0.1, 0.15) is 11.1 Å². The normalized spacial score (nSPS) is 10.5. The molecule has 0 aliphatic rings. The van der Waals surface area contributed by atoms with Crippen LogP contribution >= 0.6 is 0 Å². The molecule has 0 saturated heterocycles.